The number of ether oxygens (including phenoxy) is 9. The van der Waals surface area contributed by atoms with Crippen LogP contribution in [-0.2, 0) is 52.2 Å². The molecule has 0 bridgehead atoms. The zero-order chi connectivity index (χ0) is 45.9. The van der Waals surface area contributed by atoms with Crippen LogP contribution >= 0.6 is 0 Å². The molecule has 5 aliphatic heterocycles. The monoisotopic (exact) mass is 910 g/mol. The van der Waals surface area contributed by atoms with Crippen LogP contribution < -0.4 is 10.6 Å². The summed E-state index contributed by atoms with van der Waals surface area (Å²) in [4.78, 5) is 24.3. The quantitative estimate of drug-likeness (QED) is 0.0725. The Bertz CT molecular complexity index is 1440. The highest BCUT2D eigenvalue weighted by Crippen LogP contribution is 2.36. The minimum absolute atomic E-state index is 0.758. The van der Waals surface area contributed by atoms with Gasteiger partial charge in [0, 0.05) is 13.8 Å². The van der Waals surface area contributed by atoms with E-state index in [1.165, 1.54) is 0 Å². The molecule has 5 aliphatic rings. The predicted molar refractivity (Wildman–Crippen MR) is 190 cm³/mol. The maximum atomic E-state index is 12.2. The number of nitrogens with one attached hydrogen (secondary N) is 2. The van der Waals surface area contributed by atoms with E-state index >= 15 is 0 Å². The van der Waals surface area contributed by atoms with Crippen LogP contribution in [0.5, 0.6) is 0 Å². The Balaban J connectivity index is 1.46. The molecule has 360 valence electrons. The van der Waals surface area contributed by atoms with E-state index < -0.39 is 198 Å². The van der Waals surface area contributed by atoms with Crippen LogP contribution in [0.25, 0.3) is 0 Å². The summed E-state index contributed by atoms with van der Waals surface area (Å²) in [5, 5.41) is 163. The van der Waals surface area contributed by atoms with E-state index in [9.17, 15) is 86.2 Å². The van der Waals surface area contributed by atoms with E-state index in [-0.39, 0.29) is 0 Å². The highest BCUT2D eigenvalue weighted by atomic mass is 16.8. The maximum absolute atomic E-state index is 12.2. The van der Waals surface area contributed by atoms with Gasteiger partial charge in [0.15, 0.2) is 31.5 Å². The van der Waals surface area contributed by atoms with Gasteiger partial charge in [0.1, 0.15) is 122 Å². The lowest BCUT2D eigenvalue weighted by Crippen LogP contribution is -2.70. The third-order valence-corrected chi connectivity index (χ3v) is 11.1. The molecular formula is C34H58N2O26. The van der Waals surface area contributed by atoms with Crippen molar-refractivity contribution in [2.45, 2.75) is 167 Å². The molecule has 0 aromatic carbocycles. The lowest BCUT2D eigenvalue weighted by molar-refractivity contribution is -0.398. The van der Waals surface area contributed by atoms with E-state index in [1.54, 1.807) is 0 Å². The van der Waals surface area contributed by atoms with Crippen molar-refractivity contribution in [1.82, 2.24) is 10.6 Å². The number of hydrogen-bond acceptors (Lipinski definition) is 26. The van der Waals surface area contributed by atoms with Gasteiger partial charge < -0.3 is 130 Å². The van der Waals surface area contributed by atoms with Crippen molar-refractivity contribution >= 4 is 11.8 Å². The van der Waals surface area contributed by atoms with E-state index in [2.05, 4.69) is 10.6 Å². The highest BCUT2D eigenvalue weighted by molar-refractivity contribution is 5.73. The fourth-order valence-electron chi connectivity index (χ4n) is 7.82. The van der Waals surface area contributed by atoms with Gasteiger partial charge in [-0.2, -0.15) is 0 Å². The molecule has 0 saturated carbocycles. The van der Waals surface area contributed by atoms with Crippen molar-refractivity contribution in [2.75, 3.05) is 33.0 Å². The highest BCUT2D eigenvalue weighted by Gasteiger charge is 2.57. The van der Waals surface area contributed by atoms with Crippen LogP contribution in [-0.4, -0.2) is 275 Å². The van der Waals surface area contributed by atoms with Gasteiger partial charge in [0.05, 0.1) is 33.0 Å². The molecule has 25 atom stereocenters. The van der Waals surface area contributed by atoms with Crippen LogP contribution in [0.2, 0.25) is 0 Å². The molecule has 17 N–H and O–H groups in total. The first kappa shape index (κ1) is 51.0. The molecule has 5 rings (SSSR count). The van der Waals surface area contributed by atoms with Crippen molar-refractivity contribution in [3.05, 3.63) is 0 Å². The number of amides is 2. The summed E-state index contributed by atoms with van der Waals surface area (Å²) in [7, 11) is 0. The smallest absolute Gasteiger partial charge is 0.217 e. The fraction of sp³-hybridized carbons (Fsp3) is 0.941. The van der Waals surface area contributed by atoms with Gasteiger partial charge in [-0.15, -0.1) is 0 Å². The Morgan fingerprint density at radius 1 is 0.387 bits per heavy atom. The van der Waals surface area contributed by atoms with Crippen LogP contribution in [0.15, 0.2) is 0 Å². The summed E-state index contributed by atoms with van der Waals surface area (Å²) in [6, 6.07) is -3.26. The lowest BCUT2D eigenvalue weighted by atomic mass is 9.94. The molecule has 0 radical (unpaired) electrons. The molecule has 5 heterocycles. The Kier molecular flexibility index (Phi) is 18.1. The maximum Gasteiger partial charge on any atom is 0.217 e. The van der Waals surface area contributed by atoms with Crippen LogP contribution in [0.4, 0.5) is 0 Å². The molecule has 62 heavy (non-hydrogen) atoms. The zero-order valence-corrected chi connectivity index (χ0v) is 33.2. The number of carbonyl (C=O) groups excluding carboxylic acids is 2. The lowest BCUT2D eigenvalue weighted by Gasteiger charge is -2.51. The zero-order valence-electron chi connectivity index (χ0n) is 33.2. The molecule has 0 spiro atoms. The second-order valence-corrected chi connectivity index (χ2v) is 15.4. The number of aliphatic hydroxyl groups excluding tert-OH is 15. The van der Waals surface area contributed by atoms with E-state index in [0.29, 0.717) is 0 Å². The SMILES string of the molecule is CC(=O)N[C@@H]1[C@@H](O[C@@H]2O[C@H](CO)[C@@H](O[C@@H]3O[C@H](CO)[C@H](O[C@@H]4O[C@H](CO)[C@H](O)[C@H](O)[C@H]4O)[C@H](O)[C@H]3O)[C@H](O)[C@H]2O[C@@H]2O[C@H](CO)[C@@H](O)[C@H](O)[C@H]2NC(C)=O)[C@@H](O)[C@@H](CO)O[C@H]1O. The number of hydrogen-bond donors (Lipinski definition) is 17. The predicted octanol–water partition coefficient (Wildman–Crippen LogP) is -11.6. The first-order valence-electron chi connectivity index (χ1n) is 19.6. The Labute approximate surface area is 351 Å². The molecular weight excluding hydrogens is 852 g/mol. The molecule has 0 aromatic heterocycles. The second kappa shape index (κ2) is 22.0. The first-order chi connectivity index (χ1) is 29.3. The normalized spacial score (nSPS) is 49.0. The molecule has 28 heteroatoms. The second-order valence-electron chi connectivity index (χ2n) is 15.4. The summed E-state index contributed by atoms with van der Waals surface area (Å²) in [6.07, 6.45) is -43.0. The standard InChI is InChI=1S/C34H58N2O26/c1-8(42)35-15-20(47)17(44)10(3-37)55-31(15)62-29-25(52)27(14(7-41)58-34(29)61-28-16(36-9(2)43)30(53)54-12(5-39)19(28)46)60-33-24(51)22(49)26(13(6-40)57-33)59-32-23(50)21(48)18(45)11(4-38)56-32/h10-34,37-41,44-53H,3-7H2,1-2H3,(H,35,42)(H,36,43)/t10-,11-,12-,13-,14-,15-,16-,17-,18+,19+,20-,21+,22-,23-,24-,25+,26+,27-,28-,29-,30-,31+,32+,33+,34+/m1/s1. The number of aliphatic hydroxyl groups is 15. The van der Waals surface area contributed by atoms with Crippen molar-refractivity contribution in [1.29, 1.82) is 0 Å². The van der Waals surface area contributed by atoms with Crippen LogP contribution in [0.1, 0.15) is 13.8 Å². The Morgan fingerprint density at radius 2 is 0.774 bits per heavy atom. The van der Waals surface area contributed by atoms with Crippen molar-refractivity contribution in [3.8, 4) is 0 Å². The van der Waals surface area contributed by atoms with Gasteiger partial charge in [-0.1, -0.05) is 0 Å². The largest absolute Gasteiger partial charge is 0.394 e. The molecule has 5 fully saturated rings. The summed E-state index contributed by atoms with van der Waals surface area (Å²) in [5.41, 5.74) is 0. The summed E-state index contributed by atoms with van der Waals surface area (Å²) >= 11 is 0. The average Bonchev–Trinajstić information content (AvgIpc) is 3.23. The van der Waals surface area contributed by atoms with E-state index in [1.807, 2.05) is 0 Å². The molecule has 2 amide bonds. The Morgan fingerprint density at radius 3 is 1.29 bits per heavy atom. The topological polar surface area (TPSA) is 445 Å². The molecule has 0 aliphatic carbocycles. The van der Waals surface area contributed by atoms with Gasteiger partial charge in [-0.3, -0.25) is 9.59 Å². The number of rotatable bonds is 15. The fourth-order valence-corrected chi connectivity index (χ4v) is 7.82. The average molecular weight is 911 g/mol. The van der Waals surface area contributed by atoms with Gasteiger partial charge in [0.2, 0.25) is 11.8 Å². The van der Waals surface area contributed by atoms with E-state index in [4.69, 9.17) is 42.6 Å². The summed E-state index contributed by atoms with van der Waals surface area (Å²) in [6.45, 7) is -2.59. The number of carbonyl (C=O) groups is 2. The van der Waals surface area contributed by atoms with Gasteiger partial charge >= 0.3 is 0 Å². The Hall–Kier alpha value is -2.02. The third-order valence-electron chi connectivity index (χ3n) is 11.1. The summed E-state index contributed by atoms with van der Waals surface area (Å²) < 4.78 is 51.3. The van der Waals surface area contributed by atoms with Crippen LogP contribution in [0, 0.1) is 0 Å². The third kappa shape index (κ3) is 10.8. The van der Waals surface area contributed by atoms with E-state index in [0.717, 1.165) is 13.8 Å². The van der Waals surface area contributed by atoms with Crippen molar-refractivity contribution in [2.24, 2.45) is 0 Å². The molecule has 5 saturated heterocycles. The molecule has 0 aromatic rings. The molecule has 0 unspecified atom stereocenters. The first-order valence-corrected chi connectivity index (χ1v) is 19.6. The molecule has 28 nitrogen and oxygen atoms in total. The summed E-state index contributed by atoms with van der Waals surface area (Å²) in [5.74, 6) is -1.54. The van der Waals surface area contributed by atoms with Crippen molar-refractivity contribution < 1.29 is 129 Å². The minimum atomic E-state index is -2.19. The van der Waals surface area contributed by atoms with Gasteiger partial charge in [-0.05, 0) is 0 Å². The van der Waals surface area contributed by atoms with Gasteiger partial charge in [-0.25, -0.2) is 0 Å². The minimum Gasteiger partial charge on any atom is -0.394 e. The van der Waals surface area contributed by atoms with Crippen LogP contribution in [0.3, 0.4) is 0 Å². The van der Waals surface area contributed by atoms with Crippen molar-refractivity contribution in [3.63, 3.8) is 0 Å². The van der Waals surface area contributed by atoms with Gasteiger partial charge in [0.25, 0.3) is 0 Å².